The van der Waals surface area contributed by atoms with Crippen molar-refractivity contribution in [3.8, 4) is 0 Å². The van der Waals surface area contributed by atoms with Crippen LogP contribution in [0.4, 0.5) is 0 Å². The van der Waals surface area contributed by atoms with E-state index in [1.54, 1.807) is 0 Å². The maximum Gasteiger partial charge on any atom is 0.0810 e. The average molecular weight is 282 g/mol. The summed E-state index contributed by atoms with van der Waals surface area (Å²) in [6.45, 7) is 4.10. The van der Waals surface area contributed by atoms with E-state index < -0.39 is 0 Å². The maximum atomic E-state index is 10.1. The first-order chi connectivity index (χ1) is 7.67. The molecule has 0 saturated carbocycles. The number of aryl methyl sites for hydroxylation is 1. The van der Waals surface area contributed by atoms with Crippen molar-refractivity contribution in [3.05, 3.63) is 33.9 Å². The van der Waals surface area contributed by atoms with Crippen LogP contribution < -0.4 is 0 Å². The van der Waals surface area contributed by atoms with Crippen LogP contribution in [0.25, 0.3) is 10.9 Å². The molecule has 2 rings (SSSR count). The monoisotopic (exact) mass is 281 g/mol. The summed E-state index contributed by atoms with van der Waals surface area (Å²) in [5.41, 5.74) is 3.30. The molecule has 86 valence electrons. The van der Waals surface area contributed by atoms with E-state index in [-0.39, 0.29) is 6.10 Å². The zero-order valence-corrected chi connectivity index (χ0v) is 11.1. The molecule has 0 fully saturated rings. The van der Waals surface area contributed by atoms with Crippen LogP contribution in [-0.2, 0) is 6.42 Å². The molecule has 1 atom stereocenters. The molecule has 0 aliphatic carbocycles. The second-order valence-electron chi connectivity index (χ2n) is 3.98. The standard InChI is InChI=1S/C13H16BrNO/c1-3-10-13(12(16)4-2)9-7-8(14)5-6-11(9)15-10/h5-7,12,15-16H,3-4H2,1-2H3. The first kappa shape index (κ1) is 11.7. The van der Waals surface area contributed by atoms with Crippen molar-refractivity contribution >= 4 is 26.8 Å². The van der Waals surface area contributed by atoms with E-state index in [1.165, 1.54) is 0 Å². The smallest absolute Gasteiger partial charge is 0.0810 e. The molecule has 0 aliphatic heterocycles. The number of H-pyrrole nitrogens is 1. The lowest BCUT2D eigenvalue weighted by atomic mass is 10.0. The highest BCUT2D eigenvalue weighted by Crippen LogP contribution is 2.31. The second-order valence-corrected chi connectivity index (χ2v) is 4.90. The lowest BCUT2D eigenvalue weighted by molar-refractivity contribution is 0.174. The summed E-state index contributed by atoms with van der Waals surface area (Å²) in [5, 5.41) is 11.2. The number of rotatable bonds is 3. The van der Waals surface area contributed by atoms with Gasteiger partial charge in [0.1, 0.15) is 0 Å². The van der Waals surface area contributed by atoms with Gasteiger partial charge in [0, 0.05) is 26.6 Å². The van der Waals surface area contributed by atoms with Crippen LogP contribution in [0.5, 0.6) is 0 Å². The number of aliphatic hydroxyl groups excluding tert-OH is 1. The molecule has 0 bridgehead atoms. The Morgan fingerprint density at radius 2 is 2.12 bits per heavy atom. The van der Waals surface area contributed by atoms with E-state index >= 15 is 0 Å². The molecule has 1 aromatic heterocycles. The number of hydrogen-bond donors (Lipinski definition) is 2. The number of nitrogens with one attached hydrogen (secondary N) is 1. The summed E-state index contributed by atoms with van der Waals surface area (Å²) >= 11 is 3.47. The van der Waals surface area contributed by atoms with Crippen molar-refractivity contribution in [2.45, 2.75) is 32.8 Å². The molecule has 0 aliphatic rings. The third kappa shape index (κ3) is 1.89. The van der Waals surface area contributed by atoms with Gasteiger partial charge in [0.2, 0.25) is 0 Å². The minimum absolute atomic E-state index is 0.377. The molecule has 1 unspecified atom stereocenters. The van der Waals surface area contributed by atoms with Crippen molar-refractivity contribution in [3.63, 3.8) is 0 Å². The van der Waals surface area contributed by atoms with Gasteiger partial charge in [-0.3, -0.25) is 0 Å². The Kier molecular flexibility index (Phi) is 3.36. The Morgan fingerprint density at radius 3 is 2.75 bits per heavy atom. The summed E-state index contributed by atoms with van der Waals surface area (Å²) in [6.07, 6.45) is 1.28. The molecule has 0 spiro atoms. The number of aromatic amines is 1. The van der Waals surface area contributed by atoms with Gasteiger partial charge in [-0.25, -0.2) is 0 Å². The fourth-order valence-electron chi connectivity index (χ4n) is 2.10. The summed E-state index contributed by atoms with van der Waals surface area (Å²) in [7, 11) is 0. The third-order valence-corrected chi connectivity index (χ3v) is 3.45. The van der Waals surface area contributed by atoms with Crippen LogP contribution in [0.1, 0.15) is 37.6 Å². The zero-order chi connectivity index (χ0) is 11.7. The predicted molar refractivity (Wildman–Crippen MR) is 70.6 cm³/mol. The lowest BCUT2D eigenvalue weighted by Crippen LogP contribution is -1.98. The van der Waals surface area contributed by atoms with Gasteiger partial charge in [0.25, 0.3) is 0 Å². The van der Waals surface area contributed by atoms with Gasteiger partial charge < -0.3 is 10.1 Å². The van der Waals surface area contributed by atoms with E-state index in [1.807, 2.05) is 19.1 Å². The summed E-state index contributed by atoms with van der Waals surface area (Å²) in [5.74, 6) is 0. The molecule has 2 aromatic rings. The number of aromatic nitrogens is 1. The zero-order valence-electron chi connectivity index (χ0n) is 9.55. The molecule has 0 amide bonds. The van der Waals surface area contributed by atoms with E-state index in [0.717, 1.165) is 39.5 Å². The Balaban J connectivity index is 2.70. The van der Waals surface area contributed by atoms with Crippen LogP contribution >= 0.6 is 15.9 Å². The fourth-order valence-corrected chi connectivity index (χ4v) is 2.47. The molecule has 1 heterocycles. The van der Waals surface area contributed by atoms with Crippen molar-refractivity contribution in [1.82, 2.24) is 4.98 Å². The summed E-state index contributed by atoms with van der Waals surface area (Å²) in [4.78, 5) is 3.38. The quantitative estimate of drug-likeness (QED) is 0.879. The summed E-state index contributed by atoms with van der Waals surface area (Å²) < 4.78 is 1.05. The first-order valence-electron chi connectivity index (χ1n) is 5.65. The van der Waals surface area contributed by atoms with Gasteiger partial charge in [-0.2, -0.15) is 0 Å². The first-order valence-corrected chi connectivity index (χ1v) is 6.44. The molecule has 0 saturated heterocycles. The van der Waals surface area contributed by atoms with Crippen molar-refractivity contribution in [2.75, 3.05) is 0 Å². The van der Waals surface area contributed by atoms with Gasteiger partial charge in [-0.15, -0.1) is 0 Å². The summed E-state index contributed by atoms with van der Waals surface area (Å²) in [6, 6.07) is 6.13. The van der Waals surface area contributed by atoms with Crippen molar-refractivity contribution in [1.29, 1.82) is 0 Å². The van der Waals surface area contributed by atoms with E-state index in [4.69, 9.17) is 0 Å². The SMILES string of the molecule is CCc1[nH]c2ccc(Br)cc2c1C(O)CC. The third-order valence-electron chi connectivity index (χ3n) is 2.96. The minimum atomic E-state index is -0.377. The predicted octanol–water partition coefficient (Wildman–Crippen LogP) is 3.94. The molecule has 2 nitrogen and oxygen atoms in total. The second kappa shape index (κ2) is 4.60. The van der Waals surface area contributed by atoms with Crippen LogP contribution in [0.3, 0.4) is 0 Å². The normalized spacial score (nSPS) is 13.2. The average Bonchev–Trinajstić information content (AvgIpc) is 2.65. The molecule has 2 N–H and O–H groups in total. The van der Waals surface area contributed by atoms with Crippen molar-refractivity contribution < 1.29 is 5.11 Å². The fraction of sp³-hybridized carbons (Fsp3) is 0.385. The number of halogens is 1. The van der Waals surface area contributed by atoms with Gasteiger partial charge in [0.05, 0.1) is 6.10 Å². The Bertz CT molecular complexity index is 504. The van der Waals surface area contributed by atoms with Crippen LogP contribution in [0.15, 0.2) is 22.7 Å². The molecule has 0 radical (unpaired) electrons. The van der Waals surface area contributed by atoms with E-state index in [9.17, 15) is 5.11 Å². The molecule has 1 aromatic carbocycles. The number of hydrogen-bond acceptors (Lipinski definition) is 1. The van der Waals surface area contributed by atoms with Crippen molar-refractivity contribution in [2.24, 2.45) is 0 Å². The van der Waals surface area contributed by atoms with Gasteiger partial charge in [-0.05, 0) is 31.0 Å². The van der Waals surface area contributed by atoms with Gasteiger partial charge >= 0.3 is 0 Å². The molecule has 16 heavy (non-hydrogen) atoms. The number of benzene rings is 1. The number of aliphatic hydroxyl groups is 1. The van der Waals surface area contributed by atoms with Gasteiger partial charge in [-0.1, -0.05) is 29.8 Å². The number of fused-ring (bicyclic) bond motifs is 1. The molecular weight excluding hydrogens is 266 g/mol. The van der Waals surface area contributed by atoms with E-state index in [2.05, 4.69) is 33.9 Å². The molecule has 3 heteroatoms. The van der Waals surface area contributed by atoms with Crippen LogP contribution in [0, 0.1) is 0 Å². The highest BCUT2D eigenvalue weighted by molar-refractivity contribution is 9.10. The van der Waals surface area contributed by atoms with Crippen LogP contribution in [-0.4, -0.2) is 10.1 Å². The van der Waals surface area contributed by atoms with Gasteiger partial charge in [0.15, 0.2) is 0 Å². The van der Waals surface area contributed by atoms with E-state index in [0.29, 0.717) is 0 Å². The highest BCUT2D eigenvalue weighted by Gasteiger charge is 2.16. The largest absolute Gasteiger partial charge is 0.388 e. The highest BCUT2D eigenvalue weighted by atomic mass is 79.9. The van der Waals surface area contributed by atoms with Crippen LogP contribution in [0.2, 0.25) is 0 Å². The maximum absolute atomic E-state index is 10.1. The Labute approximate surface area is 104 Å². The Morgan fingerprint density at radius 1 is 1.38 bits per heavy atom. The Hall–Kier alpha value is -0.800. The lowest BCUT2D eigenvalue weighted by Gasteiger charge is -2.09. The molecular formula is C13H16BrNO. The minimum Gasteiger partial charge on any atom is -0.388 e. The topological polar surface area (TPSA) is 36.0 Å².